The van der Waals surface area contributed by atoms with Crippen LogP contribution < -0.4 is 4.74 Å². The first-order chi connectivity index (χ1) is 8.31. The van der Waals surface area contributed by atoms with Crippen LogP contribution in [0, 0.1) is 0 Å². The Hall–Kier alpha value is -1.20. The molecule has 1 aromatic rings. The van der Waals surface area contributed by atoms with Crippen molar-refractivity contribution in [1.82, 2.24) is 0 Å². The molecule has 0 spiro atoms. The summed E-state index contributed by atoms with van der Waals surface area (Å²) < 4.78 is 22.0. The van der Waals surface area contributed by atoms with E-state index < -0.39 is 22.7 Å². The minimum absolute atomic E-state index is 0.135. The number of hydrogen-bond donors (Lipinski definition) is 0. The van der Waals surface area contributed by atoms with Crippen molar-refractivity contribution in [2.45, 2.75) is 31.3 Å². The lowest BCUT2D eigenvalue weighted by atomic mass is 10.2. The van der Waals surface area contributed by atoms with Gasteiger partial charge in [-0.2, -0.15) is 0 Å². The molecule has 0 radical (unpaired) electrons. The first-order valence-corrected chi connectivity index (χ1v) is 6.88. The number of esters is 1. The molecule has 1 rings (SSSR count). The highest BCUT2D eigenvalue weighted by Crippen LogP contribution is 2.17. The Morgan fingerprint density at radius 3 is 2.28 bits per heavy atom. The molecule has 0 aromatic heterocycles. The van der Waals surface area contributed by atoms with Gasteiger partial charge in [0.2, 0.25) is 5.75 Å². The average Bonchev–Trinajstić information content (AvgIpc) is 2.26. The molecule has 0 fully saturated rings. The molecular formula is C13H18O4S. The Kier molecular flexibility index (Phi) is 5.04. The van der Waals surface area contributed by atoms with Gasteiger partial charge in [0.1, 0.15) is 11.4 Å². The summed E-state index contributed by atoms with van der Waals surface area (Å²) in [6, 6.07) is 6.78. The number of carbonyl (C=O) groups excluding carboxylic acids is 1. The maximum atomic E-state index is 11.9. The Bertz CT molecular complexity index is 394. The summed E-state index contributed by atoms with van der Waals surface area (Å²) in [5.41, 5.74) is -0.554. The van der Waals surface area contributed by atoms with Crippen molar-refractivity contribution in [2.24, 2.45) is 0 Å². The van der Waals surface area contributed by atoms with Gasteiger partial charge in [0.05, 0.1) is 7.11 Å². The molecule has 0 aliphatic carbocycles. The number of hydrogen-bond acceptors (Lipinski definition) is 4. The van der Waals surface area contributed by atoms with Gasteiger partial charge >= 0.3 is 5.97 Å². The third-order valence-corrected chi connectivity index (χ3v) is 3.29. The second-order valence-corrected chi connectivity index (χ2v) is 6.20. The molecule has 100 valence electrons. The lowest BCUT2D eigenvalue weighted by molar-refractivity contribution is -0.151. The molecule has 0 saturated heterocycles. The van der Waals surface area contributed by atoms with Crippen LogP contribution in [0.15, 0.2) is 29.2 Å². The minimum Gasteiger partial charge on any atom is -0.611 e. The standard InChI is InChI=1S/C13H18O4S/c1-13(2,3)17-12(14)9-18(15)11-7-5-10(16-4)6-8-11/h5-8H,9H2,1-4H3. The van der Waals surface area contributed by atoms with Crippen LogP contribution in [0.25, 0.3) is 0 Å². The Morgan fingerprint density at radius 1 is 1.28 bits per heavy atom. The van der Waals surface area contributed by atoms with Crippen LogP contribution in [0.1, 0.15) is 20.8 Å². The second-order valence-electron chi connectivity index (χ2n) is 4.75. The molecule has 0 bridgehead atoms. The highest BCUT2D eigenvalue weighted by molar-refractivity contribution is 7.92. The first kappa shape index (κ1) is 14.9. The molecule has 0 saturated carbocycles. The molecule has 1 unspecified atom stereocenters. The van der Waals surface area contributed by atoms with Gasteiger partial charge in [0.15, 0.2) is 4.90 Å². The van der Waals surface area contributed by atoms with Gasteiger partial charge in [-0.15, -0.1) is 0 Å². The third-order valence-electron chi connectivity index (χ3n) is 1.99. The van der Waals surface area contributed by atoms with Crippen LogP contribution in [0.3, 0.4) is 0 Å². The predicted molar refractivity (Wildman–Crippen MR) is 70.1 cm³/mol. The van der Waals surface area contributed by atoms with Gasteiger partial charge < -0.3 is 14.0 Å². The fraction of sp³-hybridized carbons (Fsp3) is 0.462. The van der Waals surface area contributed by atoms with Gasteiger partial charge in [0, 0.05) is 0 Å². The molecule has 0 aliphatic rings. The molecule has 0 heterocycles. The smallest absolute Gasteiger partial charge is 0.357 e. The van der Waals surface area contributed by atoms with Crippen LogP contribution in [0.2, 0.25) is 0 Å². The van der Waals surface area contributed by atoms with Gasteiger partial charge in [-0.1, -0.05) is 0 Å². The summed E-state index contributed by atoms with van der Waals surface area (Å²) in [7, 11) is 1.56. The Labute approximate surface area is 110 Å². The van der Waals surface area contributed by atoms with Crippen molar-refractivity contribution in [3.8, 4) is 5.75 Å². The predicted octanol–water partition coefficient (Wildman–Crippen LogP) is 2.14. The van der Waals surface area contributed by atoms with Gasteiger partial charge in [0.25, 0.3) is 0 Å². The van der Waals surface area contributed by atoms with Gasteiger partial charge in [-0.25, -0.2) is 4.79 Å². The van der Waals surface area contributed by atoms with Crippen LogP contribution in [0.4, 0.5) is 0 Å². The van der Waals surface area contributed by atoms with E-state index in [0.717, 1.165) is 0 Å². The SMILES string of the molecule is COc1ccc([S+]([O-])CC(=O)OC(C)(C)C)cc1. The molecular weight excluding hydrogens is 252 g/mol. The molecule has 18 heavy (non-hydrogen) atoms. The molecule has 5 heteroatoms. The van der Waals surface area contributed by atoms with Crippen molar-refractivity contribution < 1.29 is 18.8 Å². The zero-order valence-electron chi connectivity index (χ0n) is 11.1. The van der Waals surface area contributed by atoms with Crippen molar-refractivity contribution in [3.05, 3.63) is 24.3 Å². The average molecular weight is 270 g/mol. The number of rotatable bonds is 4. The molecule has 0 aliphatic heterocycles. The van der Waals surface area contributed by atoms with Gasteiger partial charge in [-0.05, 0) is 56.2 Å². The normalized spacial score (nSPS) is 12.9. The maximum absolute atomic E-state index is 11.9. The highest BCUT2D eigenvalue weighted by atomic mass is 32.2. The molecule has 1 aromatic carbocycles. The van der Waals surface area contributed by atoms with E-state index in [4.69, 9.17) is 9.47 Å². The summed E-state index contributed by atoms with van der Waals surface area (Å²) >= 11 is -1.39. The summed E-state index contributed by atoms with van der Waals surface area (Å²) in [6.45, 7) is 5.34. The lowest BCUT2D eigenvalue weighted by Crippen LogP contribution is -2.28. The fourth-order valence-corrected chi connectivity index (χ4v) is 2.17. The zero-order valence-corrected chi connectivity index (χ0v) is 11.9. The maximum Gasteiger partial charge on any atom is 0.357 e. The molecule has 0 amide bonds. The van der Waals surface area contributed by atoms with E-state index in [0.29, 0.717) is 10.6 Å². The Morgan fingerprint density at radius 2 is 1.83 bits per heavy atom. The van der Waals surface area contributed by atoms with Gasteiger partial charge in [-0.3, -0.25) is 0 Å². The van der Waals surface area contributed by atoms with Crippen LogP contribution >= 0.6 is 0 Å². The number of benzene rings is 1. The van der Waals surface area contributed by atoms with E-state index in [1.807, 2.05) is 0 Å². The highest BCUT2D eigenvalue weighted by Gasteiger charge is 2.22. The number of methoxy groups -OCH3 is 1. The van der Waals surface area contributed by atoms with Crippen molar-refractivity contribution in [3.63, 3.8) is 0 Å². The van der Waals surface area contributed by atoms with E-state index in [1.54, 1.807) is 52.1 Å². The lowest BCUT2D eigenvalue weighted by Gasteiger charge is -2.19. The van der Waals surface area contributed by atoms with E-state index >= 15 is 0 Å². The summed E-state index contributed by atoms with van der Waals surface area (Å²) in [4.78, 5) is 12.1. The van der Waals surface area contributed by atoms with Crippen LogP contribution in [-0.4, -0.2) is 29.0 Å². The molecule has 4 nitrogen and oxygen atoms in total. The topological polar surface area (TPSA) is 58.6 Å². The zero-order chi connectivity index (χ0) is 13.8. The molecule has 0 N–H and O–H groups in total. The van der Waals surface area contributed by atoms with Crippen molar-refractivity contribution in [1.29, 1.82) is 0 Å². The quantitative estimate of drug-likeness (QED) is 0.621. The fourth-order valence-electron chi connectivity index (χ4n) is 1.29. The second kappa shape index (κ2) is 6.11. The molecule has 1 atom stereocenters. The van der Waals surface area contributed by atoms with Crippen molar-refractivity contribution >= 4 is 17.1 Å². The summed E-state index contributed by atoms with van der Waals surface area (Å²) in [6.07, 6.45) is 0. The summed E-state index contributed by atoms with van der Waals surface area (Å²) in [5.74, 6) is 0.0912. The van der Waals surface area contributed by atoms with E-state index in [1.165, 1.54) is 0 Å². The van der Waals surface area contributed by atoms with E-state index in [9.17, 15) is 9.35 Å². The summed E-state index contributed by atoms with van der Waals surface area (Å²) in [5, 5.41) is 0. The minimum atomic E-state index is -1.39. The third kappa shape index (κ3) is 4.98. The van der Waals surface area contributed by atoms with Crippen LogP contribution in [0.5, 0.6) is 5.75 Å². The Balaban J connectivity index is 2.59. The largest absolute Gasteiger partial charge is 0.611 e. The van der Waals surface area contributed by atoms with Crippen molar-refractivity contribution in [2.75, 3.05) is 12.9 Å². The monoisotopic (exact) mass is 270 g/mol. The number of ether oxygens (including phenoxy) is 2. The first-order valence-electron chi connectivity index (χ1n) is 5.56. The van der Waals surface area contributed by atoms with E-state index in [-0.39, 0.29) is 5.75 Å². The van der Waals surface area contributed by atoms with E-state index in [2.05, 4.69) is 0 Å². The number of carbonyl (C=O) groups is 1. The van der Waals surface area contributed by atoms with Crippen LogP contribution in [-0.2, 0) is 20.7 Å².